The van der Waals surface area contributed by atoms with Crippen molar-refractivity contribution in [1.82, 2.24) is 14.9 Å². The minimum atomic E-state index is 0.556. The van der Waals surface area contributed by atoms with E-state index in [2.05, 4.69) is 27.2 Å². The second kappa shape index (κ2) is 4.61. The topological polar surface area (TPSA) is 41.0 Å². The molecule has 0 amide bonds. The molecule has 0 bridgehead atoms. The number of aromatic nitrogens is 2. The van der Waals surface area contributed by atoms with Crippen LogP contribution in [0, 0.1) is 0 Å². The van der Waals surface area contributed by atoms with Gasteiger partial charge in [0.25, 0.3) is 0 Å². The molecule has 3 rings (SSSR count). The fraction of sp³-hybridized carbons (Fsp3) is 0.692. The van der Waals surface area contributed by atoms with Crippen molar-refractivity contribution in [2.45, 2.75) is 38.1 Å². The van der Waals surface area contributed by atoms with E-state index in [1.54, 1.807) is 6.33 Å². The molecule has 0 saturated carbocycles. The highest BCUT2D eigenvalue weighted by Crippen LogP contribution is 2.25. The molecule has 1 aliphatic carbocycles. The van der Waals surface area contributed by atoms with Crippen molar-refractivity contribution in [3.63, 3.8) is 0 Å². The summed E-state index contributed by atoms with van der Waals surface area (Å²) in [5.41, 5.74) is 2.63. The maximum absolute atomic E-state index is 4.44. The van der Waals surface area contributed by atoms with Gasteiger partial charge in [0.05, 0.1) is 0 Å². The highest BCUT2D eigenvalue weighted by atomic mass is 15.2. The zero-order chi connectivity index (χ0) is 11.7. The molecule has 1 N–H and O–H groups in total. The number of hydrogen-bond acceptors (Lipinski definition) is 4. The van der Waals surface area contributed by atoms with Gasteiger partial charge in [0.15, 0.2) is 0 Å². The van der Waals surface area contributed by atoms with E-state index in [1.165, 1.54) is 37.1 Å². The second-order valence-electron chi connectivity index (χ2n) is 5.25. The molecule has 1 aliphatic heterocycles. The summed E-state index contributed by atoms with van der Waals surface area (Å²) >= 11 is 0. The minimum Gasteiger partial charge on any atom is -0.366 e. The Hall–Kier alpha value is -1.16. The molecule has 4 heteroatoms. The molecule has 1 aromatic heterocycles. The van der Waals surface area contributed by atoms with Crippen LogP contribution in [0.25, 0.3) is 0 Å². The van der Waals surface area contributed by atoms with E-state index in [4.69, 9.17) is 0 Å². The van der Waals surface area contributed by atoms with E-state index in [-0.39, 0.29) is 0 Å². The maximum atomic E-state index is 4.44. The largest absolute Gasteiger partial charge is 0.366 e. The SMILES string of the molecule is CN1CCC(Nc2ncnc3c2CCCC3)C1. The molecule has 1 fully saturated rings. The van der Waals surface area contributed by atoms with Gasteiger partial charge >= 0.3 is 0 Å². The first-order valence-corrected chi connectivity index (χ1v) is 6.61. The molecule has 4 nitrogen and oxygen atoms in total. The summed E-state index contributed by atoms with van der Waals surface area (Å²) in [6.45, 7) is 2.31. The maximum Gasteiger partial charge on any atom is 0.133 e. The minimum absolute atomic E-state index is 0.556. The molecule has 17 heavy (non-hydrogen) atoms. The van der Waals surface area contributed by atoms with Crippen molar-refractivity contribution in [3.05, 3.63) is 17.6 Å². The van der Waals surface area contributed by atoms with E-state index >= 15 is 0 Å². The number of rotatable bonds is 2. The summed E-state index contributed by atoms with van der Waals surface area (Å²) in [6, 6.07) is 0.556. The fourth-order valence-electron chi connectivity index (χ4n) is 2.89. The Morgan fingerprint density at radius 2 is 2.18 bits per heavy atom. The van der Waals surface area contributed by atoms with Crippen LogP contribution in [0.3, 0.4) is 0 Å². The van der Waals surface area contributed by atoms with Crippen LogP contribution < -0.4 is 5.32 Å². The Bertz CT molecular complexity index is 404. The molecule has 1 saturated heterocycles. The van der Waals surface area contributed by atoms with Gasteiger partial charge in [-0.25, -0.2) is 9.97 Å². The van der Waals surface area contributed by atoms with Gasteiger partial charge in [0, 0.05) is 23.8 Å². The standard InChI is InChI=1S/C13H20N4/c1-17-7-6-10(8-17)16-13-11-4-2-3-5-12(11)14-9-15-13/h9-10H,2-8H2,1H3,(H,14,15,16). The molecule has 1 unspecified atom stereocenters. The third kappa shape index (κ3) is 2.27. The summed E-state index contributed by atoms with van der Waals surface area (Å²) in [5.74, 6) is 1.09. The molecule has 2 aliphatic rings. The Balaban J connectivity index is 1.78. The average Bonchev–Trinajstić information content (AvgIpc) is 2.75. The first-order valence-electron chi connectivity index (χ1n) is 6.61. The molecule has 1 aromatic rings. The second-order valence-corrected chi connectivity index (χ2v) is 5.25. The van der Waals surface area contributed by atoms with E-state index < -0.39 is 0 Å². The number of likely N-dealkylation sites (tertiary alicyclic amines) is 1. The van der Waals surface area contributed by atoms with E-state index in [9.17, 15) is 0 Å². The van der Waals surface area contributed by atoms with Gasteiger partial charge in [-0.2, -0.15) is 0 Å². The lowest BCUT2D eigenvalue weighted by Gasteiger charge is -2.20. The molecular formula is C13H20N4. The smallest absolute Gasteiger partial charge is 0.133 e. The number of fused-ring (bicyclic) bond motifs is 1. The number of likely N-dealkylation sites (N-methyl/N-ethyl adjacent to an activating group) is 1. The summed E-state index contributed by atoms with van der Waals surface area (Å²) in [7, 11) is 2.18. The Labute approximate surface area is 102 Å². The monoisotopic (exact) mass is 232 g/mol. The van der Waals surface area contributed by atoms with Gasteiger partial charge in [-0.1, -0.05) is 0 Å². The van der Waals surface area contributed by atoms with Crippen molar-refractivity contribution in [1.29, 1.82) is 0 Å². The van der Waals surface area contributed by atoms with Crippen molar-refractivity contribution in [2.75, 3.05) is 25.5 Å². The number of anilines is 1. The van der Waals surface area contributed by atoms with Crippen LogP contribution in [0.4, 0.5) is 5.82 Å². The van der Waals surface area contributed by atoms with Crippen molar-refractivity contribution in [2.24, 2.45) is 0 Å². The average molecular weight is 232 g/mol. The molecule has 0 spiro atoms. The summed E-state index contributed by atoms with van der Waals surface area (Å²) in [5, 5.41) is 3.61. The number of aryl methyl sites for hydroxylation is 1. The first kappa shape index (κ1) is 11.0. The van der Waals surface area contributed by atoms with Crippen LogP contribution in [0.15, 0.2) is 6.33 Å². The number of hydrogen-bond donors (Lipinski definition) is 1. The van der Waals surface area contributed by atoms with Crippen LogP contribution in [0.1, 0.15) is 30.5 Å². The van der Waals surface area contributed by atoms with Crippen LogP contribution >= 0.6 is 0 Å². The first-order chi connectivity index (χ1) is 8.33. The van der Waals surface area contributed by atoms with Crippen molar-refractivity contribution in [3.8, 4) is 0 Å². The van der Waals surface area contributed by atoms with Gasteiger partial charge < -0.3 is 10.2 Å². The predicted octanol–water partition coefficient (Wildman–Crippen LogP) is 1.47. The van der Waals surface area contributed by atoms with Gasteiger partial charge in [-0.05, 0) is 45.7 Å². The molecule has 0 radical (unpaired) electrons. The van der Waals surface area contributed by atoms with Crippen LogP contribution in [0.5, 0.6) is 0 Å². The lowest BCUT2D eigenvalue weighted by Crippen LogP contribution is -2.25. The quantitative estimate of drug-likeness (QED) is 0.838. The Morgan fingerprint density at radius 1 is 1.29 bits per heavy atom. The summed E-state index contributed by atoms with van der Waals surface area (Å²) in [4.78, 5) is 11.2. The molecule has 92 valence electrons. The lowest BCUT2D eigenvalue weighted by atomic mass is 9.96. The molecule has 2 heterocycles. The zero-order valence-electron chi connectivity index (χ0n) is 10.4. The zero-order valence-corrected chi connectivity index (χ0v) is 10.4. The van der Waals surface area contributed by atoms with Crippen LogP contribution in [-0.2, 0) is 12.8 Å². The van der Waals surface area contributed by atoms with Gasteiger partial charge in [0.2, 0.25) is 0 Å². The molecule has 0 aromatic carbocycles. The summed E-state index contributed by atoms with van der Waals surface area (Å²) in [6.07, 6.45) is 7.74. The van der Waals surface area contributed by atoms with E-state index in [1.807, 2.05) is 0 Å². The van der Waals surface area contributed by atoms with Gasteiger partial charge in [-0.15, -0.1) is 0 Å². The van der Waals surface area contributed by atoms with Crippen LogP contribution in [0.2, 0.25) is 0 Å². The third-order valence-corrected chi connectivity index (χ3v) is 3.86. The van der Waals surface area contributed by atoms with Crippen molar-refractivity contribution >= 4 is 5.82 Å². The summed E-state index contributed by atoms with van der Waals surface area (Å²) < 4.78 is 0. The van der Waals surface area contributed by atoms with Crippen LogP contribution in [-0.4, -0.2) is 41.0 Å². The predicted molar refractivity (Wildman–Crippen MR) is 68.2 cm³/mol. The highest BCUT2D eigenvalue weighted by Gasteiger charge is 2.22. The fourth-order valence-corrected chi connectivity index (χ4v) is 2.89. The lowest BCUT2D eigenvalue weighted by molar-refractivity contribution is 0.414. The number of nitrogens with zero attached hydrogens (tertiary/aromatic N) is 3. The van der Waals surface area contributed by atoms with E-state index in [0.717, 1.165) is 25.2 Å². The normalized spacial score (nSPS) is 24.6. The highest BCUT2D eigenvalue weighted by molar-refractivity contribution is 5.47. The number of nitrogens with one attached hydrogen (secondary N) is 1. The molecule has 1 atom stereocenters. The Morgan fingerprint density at radius 3 is 3.00 bits per heavy atom. The van der Waals surface area contributed by atoms with Crippen molar-refractivity contribution < 1.29 is 0 Å². The van der Waals surface area contributed by atoms with Gasteiger partial charge in [-0.3, -0.25) is 0 Å². The van der Waals surface area contributed by atoms with Gasteiger partial charge in [0.1, 0.15) is 12.1 Å². The molecular weight excluding hydrogens is 212 g/mol. The third-order valence-electron chi connectivity index (χ3n) is 3.86. The Kier molecular flexibility index (Phi) is 2.97. The van der Waals surface area contributed by atoms with E-state index in [0.29, 0.717) is 6.04 Å².